The Morgan fingerprint density at radius 1 is 1.04 bits per heavy atom. The lowest BCUT2D eigenvalue weighted by atomic mass is 10.1. The van der Waals surface area contributed by atoms with Crippen molar-refractivity contribution in [3.63, 3.8) is 0 Å². The minimum absolute atomic E-state index is 0.116. The Morgan fingerprint density at radius 2 is 1.68 bits per heavy atom. The predicted molar refractivity (Wildman–Crippen MR) is 103 cm³/mol. The molecule has 3 rings (SSSR count). The second kappa shape index (κ2) is 7.44. The highest BCUT2D eigenvalue weighted by Gasteiger charge is 2.35. The smallest absolute Gasteiger partial charge is 0.264 e. The number of benzene rings is 2. The second-order valence-electron chi connectivity index (χ2n) is 6.22. The van der Waals surface area contributed by atoms with Crippen molar-refractivity contribution in [2.75, 3.05) is 9.62 Å². The van der Waals surface area contributed by atoms with E-state index < -0.39 is 10.0 Å². The van der Waals surface area contributed by atoms with Gasteiger partial charge in [0.2, 0.25) is 0 Å². The lowest BCUT2D eigenvalue weighted by Crippen LogP contribution is -2.35. The Morgan fingerprint density at radius 3 is 2.29 bits per heavy atom. The van der Waals surface area contributed by atoms with Crippen LogP contribution in [0.25, 0.3) is 0 Å². The number of sulfonamides is 1. The molecule has 0 saturated carbocycles. The van der Waals surface area contributed by atoms with Crippen LogP contribution in [-0.4, -0.2) is 14.5 Å². The number of nitrogens with one attached hydrogen (secondary N) is 1. The molecule has 7 nitrogen and oxygen atoms in total. The van der Waals surface area contributed by atoms with Crippen LogP contribution in [0.15, 0.2) is 64.7 Å². The second-order valence-corrected chi connectivity index (χ2v) is 8.03. The highest BCUT2D eigenvalue weighted by atomic mass is 32.2. The summed E-state index contributed by atoms with van der Waals surface area (Å²) in [6, 6.07) is 18.1. The van der Waals surface area contributed by atoms with E-state index in [4.69, 9.17) is 15.8 Å². The van der Waals surface area contributed by atoms with Crippen LogP contribution in [0.3, 0.4) is 0 Å². The molecule has 138 valence electrons. The largest absolute Gasteiger partial charge is 0.345 e. The molecule has 1 N–H and O–H groups in total. The first-order chi connectivity index (χ1) is 13.4. The minimum atomic E-state index is -3.75. The van der Waals surface area contributed by atoms with Crippen molar-refractivity contribution in [2.24, 2.45) is 0 Å². The zero-order chi connectivity index (χ0) is 20.3. The molecule has 2 aromatic carbocycles. The molecule has 0 fully saturated rings. The van der Waals surface area contributed by atoms with Gasteiger partial charge in [0.05, 0.1) is 10.6 Å². The summed E-state index contributed by atoms with van der Waals surface area (Å²) in [6.07, 6.45) is 0.649. The van der Waals surface area contributed by atoms with E-state index in [2.05, 4.69) is 5.32 Å². The Labute approximate surface area is 163 Å². The van der Waals surface area contributed by atoms with Gasteiger partial charge in [-0.3, -0.25) is 4.31 Å². The number of fused-ring (bicyclic) bond motifs is 1. The molecule has 1 aliphatic rings. The molecule has 0 amide bonds. The van der Waals surface area contributed by atoms with Gasteiger partial charge in [0.25, 0.3) is 10.0 Å². The summed E-state index contributed by atoms with van der Waals surface area (Å²) in [7, 11) is -3.75. The molecule has 2 aromatic rings. The molecule has 1 aliphatic heterocycles. The fourth-order valence-electron chi connectivity index (χ4n) is 3.15. The molecule has 0 bridgehead atoms. The fourth-order valence-corrected chi connectivity index (χ4v) is 4.85. The van der Waals surface area contributed by atoms with Gasteiger partial charge in [0.1, 0.15) is 23.9 Å². The van der Waals surface area contributed by atoms with Gasteiger partial charge in [-0.2, -0.15) is 15.8 Å². The van der Waals surface area contributed by atoms with Crippen molar-refractivity contribution >= 4 is 21.4 Å². The number of hydrogen-bond donors (Lipinski definition) is 1. The van der Waals surface area contributed by atoms with Crippen LogP contribution in [-0.2, 0) is 16.4 Å². The third-order valence-electron chi connectivity index (χ3n) is 4.41. The van der Waals surface area contributed by atoms with Gasteiger partial charge < -0.3 is 5.32 Å². The molecule has 28 heavy (non-hydrogen) atoms. The molecular formula is C20H15N5O2S. The number of allylic oxidation sites excluding steroid dienone is 2. The SMILES string of the molecule is CC1Cc2ccccc2N1S(=O)(=O)c1ccc(NC(C#N)=C(C#N)C#N)cc1. The van der Waals surface area contributed by atoms with E-state index in [0.29, 0.717) is 17.8 Å². The van der Waals surface area contributed by atoms with Gasteiger partial charge in [-0.05, 0) is 49.2 Å². The van der Waals surface area contributed by atoms with Crippen molar-refractivity contribution in [1.82, 2.24) is 0 Å². The van der Waals surface area contributed by atoms with Gasteiger partial charge in [-0.1, -0.05) is 18.2 Å². The van der Waals surface area contributed by atoms with Crippen molar-refractivity contribution in [1.29, 1.82) is 15.8 Å². The Hall–Kier alpha value is -3.80. The summed E-state index contributed by atoms with van der Waals surface area (Å²) >= 11 is 0. The van der Waals surface area contributed by atoms with Crippen molar-refractivity contribution < 1.29 is 8.42 Å². The van der Waals surface area contributed by atoms with Crippen molar-refractivity contribution in [3.8, 4) is 18.2 Å². The molecule has 8 heteroatoms. The van der Waals surface area contributed by atoms with Crippen molar-refractivity contribution in [2.45, 2.75) is 24.3 Å². The molecule has 1 unspecified atom stereocenters. The lowest BCUT2D eigenvalue weighted by molar-refractivity contribution is 0.584. The minimum Gasteiger partial charge on any atom is -0.345 e. The first kappa shape index (κ1) is 19.0. The lowest BCUT2D eigenvalue weighted by Gasteiger charge is -2.24. The maximum atomic E-state index is 13.2. The number of para-hydroxylation sites is 1. The summed E-state index contributed by atoms with van der Waals surface area (Å²) in [5.74, 6) is 0. The van der Waals surface area contributed by atoms with E-state index in [9.17, 15) is 8.42 Å². The number of nitriles is 3. The first-order valence-corrected chi connectivity index (χ1v) is 9.80. The molecule has 0 aromatic heterocycles. The number of hydrogen-bond acceptors (Lipinski definition) is 6. The molecule has 0 aliphatic carbocycles. The zero-order valence-corrected chi connectivity index (χ0v) is 15.7. The molecule has 0 spiro atoms. The molecular weight excluding hydrogens is 374 g/mol. The van der Waals surface area contributed by atoms with E-state index in [0.717, 1.165) is 5.56 Å². The molecule has 1 atom stereocenters. The van der Waals surface area contributed by atoms with E-state index in [1.807, 2.05) is 25.1 Å². The molecule has 0 radical (unpaired) electrons. The Bertz CT molecular complexity index is 1160. The van der Waals surface area contributed by atoms with Gasteiger partial charge in [0, 0.05) is 11.7 Å². The van der Waals surface area contributed by atoms with Crippen LogP contribution in [0.4, 0.5) is 11.4 Å². The normalized spacial score (nSPS) is 14.9. The molecule has 1 heterocycles. The summed E-state index contributed by atoms with van der Waals surface area (Å²) in [5, 5.41) is 29.5. The number of rotatable bonds is 4. The van der Waals surface area contributed by atoms with Crippen LogP contribution in [0, 0.1) is 34.0 Å². The summed E-state index contributed by atoms with van der Waals surface area (Å²) in [6.45, 7) is 1.86. The van der Waals surface area contributed by atoms with E-state index in [1.165, 1.54) is 28.6 Å². The van der Waals surface area contributed by atoms with E-state index in [-0.39, 0.29) is 22.2 Å². The topological polar surface area (TPSA) is 121 Å². The van der Waals surface area contributed by atoms with E-state index >= 15 is 0 Å². The number of anilines is 2. The maximum absolute atomic E-state index is 13.2. The Balaban J connectivity index is 1.92. The molecule has 0 saturated heterocycles. The average molecular weight is 389 g/mol. The summed E-state index contributed by atoms with van der Waals surface area (Å²) in [5.41, 5.74) is 1.53. The highest BCUT2D eigenvalue weighted by molar-refractivity contribution is 7.92. The zero-order valence-electron chi connectivity index (χ0n) is 14.9. The standard InChI is InChI=1S/C20H15N5O2S/c1-14-10-15-4-2-3-5-20(15)25(14)28(26,27)18-8-6-17(7-9-18)24-19(13-23)16(11-21)12-22/h2-9,14,24H,10H2,1H3. The van der Waals surface area contributed by atoms with Gasteiger partial charge >= 0.3 is 0 Å². The van der Waals surface area contributed by atoms with Crippen LogP contribution in [0.1, 0.15) is 12.5 Å². The van der Waals surface area contributed by atoms with E-state index in [1.54, 1.807) is 24.3 Å². The monoisotopic (exact) mass is 389 g/mol. The highest BCUT2D eigenvalue weighted by Crippen LogP contribution is 2.36. The fraction of sp³-hybridized carbons (Fsp3) is 0.150. The van der Waals surface area contributed by atoms with Crippen LogP contribution in [0.2, 0.25) is 0 Å². The van der Waals surface area contributed by atoms with Gasteiger partial charge in [-0.25, -0.2) is 8.42 Å². The summed E-state index contributed by atoms with van der Waals surface area (Å²) in [4.78, 5) is 0.116. The maximum Gasteiger partial charge on any atom is 0.264 e. The quantitative estimate of drug-likeness (QED) is 0.802. The first-order valence-electron chi connectivity index (χ1n) is 8.36. The van der Waals surface area contributed by atoms with Crippen LogP contribution in [0.5, 0.6) is 0 Å². The average Bonchev–Trinajstić information content (AvgIpc) is 3.04. The number of nitrogens with zero attached hydrogens (tertiary/aromatic N) is 4. The van der Waals surface area contributed by atoms with Crippen LogP contribution >= 0.6 is 0 Å². The van der Waals surface area contributed by atoms with Crippen molar-refractivity contribution in [3.05, 3.63) is 65.4 Å². The third kappa shape index (κ3) is 3.27. The van der Waals surface area contributed by atoms with Crippen LogP contribution < -0.4 is 9.62 Å². The van der Waals surface area contributed by atoms with Gasteiger partial charge in [-0.15, -0.1) is 0 Å². The summed E-state index contributed by atoms with van der Waals surface area (Å²) < 4.78 is 27.7. The Kier molecular flexibility index (Phi) is 5.04. The van der Waals surface area contributed by atoms with Gasteiger partial charge in [0.15, 0.2) is 5.57 Å². The third-order valence-corrected chi connectivity index (χ3v) is 6.35. The predicted octanol–water partition coefficient (Wildman–Crippen LogP) is 3.06.